The topological polar surface area (TPSA) is 52.9 Å². The second-order valence-corrected chi connectivity index (χ2v) is 5.61. The lowest BCUT2D eigenvalue weighted by Gasteiger charge is -2.51. The van der Waals surface area contributed by atoms with Crippen LogP contribution in [0.5, 0.6) is 0 Å². The monoisotopic (exact) mass is 204 g/mol. The molecule has 1 aliphatic heterocycles. The van der Waals surface area contributed by atoms with Gasteiger partial charge in [-0.05, 0) is 43.9 Å². The molecular weight excluding hydrogens is 188 g/mol. The SMILES string of the molecule is CC1(C#N)CC2CCC1C1C(=O)NCC21. The minimum Gasteiger partial charge on any atom is -0.356 e. The van der Waals surface area contributed by atoms with Crippen LogP contribution in [0.1, 0.15) is 26.2 Å². The summed E-state index contributed by atoms with van der Waals surface area (Å²) >= 11 is 0. The van der Waals surface area contributed by atoms with Crippen molar-refractivity contribution in [1.82, 2.24) is 5.32 Å². The third-order valence-electron chi connectivity index (χ3n) is 4.92. The van der Waals surface area contributed by atoms with Crippen molar-refractivity contribution in [3.05, 3.63) is 0 Å². The maximum absolute atomic E-state index is 11.8. The lowest BCUT2D eigenvalue weighted by molar-refractivity contribution is -0.132. The maximum Gasteiger partial charge on any atom is 0.223 e. The van der Waals surface area contributed by atoms with Gasteiger partial charge in [-0.15, -0.1) is 0 Å². The number of fused-ring (bicyclic) bond motifs is 2. The first-order chi connectivity index (χ1) is 7.15. The average Bonchev–Trinajstić information content (AvgIpc) is 2.63. The molecule has 3 nitrogen and oxygen atoms in total. The number of amides is 1. The van der Waals surface area contributed by atoms with Crippen LogP contribution in [-0.2, 0) is 4.79 Å². The van der Waals surface area contributed by atoms with Crippen LogP contribution in [-0.4, -0.2) is 12.5 Å². The summed E-state index contributed by atoms with van der Waals surface area (Å²) < 4.78 is 0. The van der Waals surface area contributed by atoms with Gasteiger partial charge in [0.05, 0.1) is 11.5 Å². The largest absolute Gasteiger partial charge is 0.356 e. The van der Waals surface area contributed by atoms with E-state index < -0.39 is 0 Å². The molecular formula is C12H16N2O. The van der Waals surface area contributed by atoms with Crippen LogP contribution in [0.15, 0.2) is 0 Å². The Bertz CT molecular complexity index is 359. The van der Waals surface area contributed by atoms with E-state index >= 15 is 0 Å². The van der Waals surface area contributed by atoms with Crippen molar-refractivity contribution in [2.24, 2.45) is 29.1 Å². The summed E-state index contributed by atoms with van der Waals surface area (Å²) in [5.74, 6) is 1.78. The number of hydrogen-bond acceptors (Lipinski definition) is 2. The highest BCUT2D eigenvalue weighted by atomic mass is 16.2. The van der Waals surface area contributed by atoms with Crippen LogP contribution in [0.25, 0.3) is 0 Å². The van der Waals surface area contributed by atoms with E-state index in [9.17, 15) is 10.1 Å². The van der Waals surface area contributed by atoms with Crippen LogP contribution in [0.4, 0.5) is 0 Å². The van der Waals surface area contributed by atoms with Gasteiger partial charge in [0.1, 0.15) is 0 Å². The minimum atomic E-state index is -0.244. The van der Waals surface area contributed by atoms with Crippen LogP contribution < -0.4 is 5.32 Å². The molecule has 5 atom stereocenters. The Morgan fingerprint density at radius 2 is 2.33 bits per heavy atom. The van der Waals surface area contributed by atoms with Gasteiger partial charge in [-0.1, -0.05) is 0 Å². The molecule has 0 aromatic rings. The van der Waals surface area contributed by atoms with Gasteiger partial charge in [0, 0.05) is 12.5 Å². The lowest BCUT2D eigenvalue weighted by atomic mass is 9.50. The van der Waals surface area contributed by atoms with Crippen molar-refractivity contribution >= 4 is 5.91 Å². The van der Waals surface area contributed by atoms with E-state index in [1.807, 2.05) is 6.92 Å². The van der Waals surface area contributed by atoms with Crippen LogP contribution in [0.3, 0.4) is 0 Å². The molecule has 4 aliphatic rings. The zero-order chi connectivity index (χ0) is 10.6. The standard InChI is InChI=1S/C12H16N2O/c1-12(6-13)4-7-2-3-9(12)10-8(7)5-14-11(10)15/h7-10H,2-5H2,1H3,(H,14,15). The van der Waals surface area contributed by atoms with Crippen molar-refractivity contribution in [2.45, 2.75) is 26.2 Å². The second-order valence-electron chi connectivity index (χ2n) is 5.61. The van der Waals surface area contributed by atoms with Gasteiger partial charge >= 0.3 is 0 Å². The molecule has 15 heavy (non-hydrogen) atoms. The number of nitriles is 1. The summed E-state index contributed by atoms with van der Waals surface area (Å²) in [7, 11) is 0. The Balaban J connectivity index is 2.01. The summed E-state index contributed by atoms with van der Waals surface area (Å²) in [5, 5.41) is 12.3. The molecule has 80 valence electrons. The molecule has 0 spiro atoms. The molecule has 3 saturated carbocycles. The normalized spacial score (nSPS) is 52.1. The molecule has 0 aromatic heterocycles. The van der Waals surface area contributed by atoms with E-state index in [1.165, 1.54) is 6.42 Å². The summed E-state index contributed by atoms with van der Waals surface area (Å²) in [6.45, 7) is 2.90. The summed E-state index contributed by atoms with van der Waals surface area (Å²) in [6, 6.07) is 2.46. The molecule has 4 rings (SSSR count). The molecule has 0 radical (unpaired) electrons. The Hall–Kier alpha value is -1.04. The van der Waals surface area contributed by atoms with E-state index in [2.05, 4.69) is 11.4 Å². The van der Waals surface area contributed by atoms with Crippen molar-refractivity contribution in [1.29, 1.82) is 5.26 Å². The zero-order valence-corrected chi connectivity index (χ0v) is 8.99. The smallest absolute Gasteiger partial charge is 0.223 e. The number of nitrogens with zero attached hydrogens (tertiary/aromatic N) is 1. The molecule has 1 heterocycles. The lowest BCUT2D eigenvalue weighted by Crippen LogP contribution is -2.50. The molecule has 3 heteroatoms. The first-order valence-electron chi connectivity index (χ1n) is 5.85. The van der Waals surface area contributed by atoms with Gasteiger partial charge in [-0.25, -0.2) is 0 Å². The Kier molecular flexibility index (Phi) is 1.69. The van der Waals surface area contributed by atoms with Crippen molar-refractivity contribution in [2.75, 3.05) is 6.54 Å². The molecule has 3 aliphatic carbocycles. The zero-order valence-electron chi connectivity index (χ0n) is 8.99. The van der Waals surface area contributed by atoms with E-state index in [0.29, 0.717) is 17.8 Å². The van der Waals surface area contributed by atoms with E-state index in [0.717, 1.165) is 19.4 Å². The number of nitrogens with one attached hydrogen (secondary N) is 1. The van der Waals surface area contributed by atoms with Crippen LogP contribution in [0, 0.1) is 40.4 Å². The summed E-state index contributed by atoms with van der Waals surface area (Å²) in [6.07, 6.45) is 3.30. The number of rotatable bonds is 0. The average molecular weight is 204 g/mol. The van der Waals surface area contributed by atoms with Gasteiger partial charge in [-0.2, -0.15) is 5.26 Å². The molecule has 2 bridgehead atoms. The maximum atomic E-state index is 11.8. The van der Waals surface area contributed by atoms with Crippen molar-refractivity contribution in [3.63, 3.8) is 0 Å². The van der Waals surface area contributed by atoms with E-state index in [-0.39, 0.29) is 17.2 Å². The van der Waals surface area contributed by atoms with Gasteiger partial charge in [0.15, 0.2) is 0 Å². The fourth-order valence-corrected chi connectivity index (χ4v) is 4.18. The van der Waals surface area contributed by atoms with Crippen LogP contribution >= 0.6 is 0 Å². The molecule has 4 fully saturated rings. The molecule has 0 aromatic carbocycles. The molecule has 1 amide bonds. The fourth-order valence-electron chi connectivity index (χ4n) is 4.18. The summed E-state index contributed by atoms with van der Waals surface area (Å²) in [4.78, 5) is 11.8. The third-order valence-corrected chi connectivity index (χ3v) is 4.92. The van der Waals surface area contributed by atoms with Gasteiger partial charge in [-0.3, -0.25) is 4.79 Å². The highest BCUT2D eigenvalue weighted by molar-refractivity contribution is 5.82. The molecule has 1 saturated heterocycles. The number of carbonyl (C=O) groups is 1. The summed E-state index contributed by atoms with van der Waals surface area (Å²) in [5.41, 5.74) is -0.244. The van der Waals surface area contributed by atoms with E-state index in [4.69, 9.17) is 0 Å². The number of carbonyl (C=O) groups excluding carboxylic acids is 1. The van der Waals surface area contributed by atoms with Gasteiger partial charge in [0.2, 0.25) is 5.91 Å². The van der Waals surface area contributed by atoms with Gasteiger partial charge in [0.25, 0.3) is 0 Å². The molecule has 1 N–H and O–H groups in total. The van der Waals surface area contributed by atoms with E-state index in [1.54, 1.807) is 0 Å². The predicted molar refractivity (Wildman–Crippen MR) is 54.5 cm³/mol. The van der Waals surface area contributed by atoms with Gasteiger partial charge < -0.3 is 5.32 Å². The molecule has 5 unspecified atom stereocenters. The fraction of sp³-hybridized carbons (Fsp3) is 0.833. The first-order valence-corrected chi connectivity index (χ1v) is 5.85. The van der Waals surface area contributed by atoms with Crippen molar-refractivity contribution < 1.29 is 4.79 Å². The highest BCUT2D eigenvalue weighted by Gasteiger charge is 2.58. The van der Waals surface area contributed by atoms with Crippen LogP contribution in [0.2, 0.25) is 0 Å². The minimum absolute atomic E-state index is 0.141. The Morgan fingerprint density at radius 1 is 1.53 bits per heavy atom. The first kappa shape index (κ1) is 9.21. The quantitative estimate of drug-likeness (QED) is 0.646. The van der Waals surface area contributed by atoms with Crippen molar-refractivity contribution in [3.8, 4) is 6.07 Å². The number of hydrogen-bond donors (Lipinski definition) is 1. The predicted octanol–water partition coefficient (Wildman–Crippen LogP) is 1.31. The Labute approximate surface area is 89.8 Å². The highest BCUT2D eigenvalue weighted by Crippen LogP contribution is 2.58. The Morgan fingerprint density at radius 3 is 3.07 bits per heavy atom. The third kappa shape index (κ3) is 1.03. The second kappa shape index (κ2) is 2.75.